The average Bonchev–Trinajstić information content (AvgIpc) is 2.78. The molecule has 4 nitrogen and oxygen atoms in total. The Bertz CT molecular complexity index is 397. The Labute approximate surface area is 110 Å². The number of nitrogens with zero attached hydrogens (tertiary/aromatic N) is 3. The highest BCUT2D eigenvalue weighted by atomic mass is 16.2. The van der Waals surface area contributed by atoms with Gasteiger partial charge in [-0.2, -0.15) is 5.10 Å². The van der Waals surface area contributed by atoms with Gasteiger partial charge in [0, 0.05) is 20.3 Å². The Kier molecular flexibility index (Phi) is 4.93. The molecule has 0 aliphatic heterocycles. The summed E-state index contributed by atoms with van der Waals surface area (Å²) in [5.41, 5.74) is 1.41. The lowest BCUT2D eigenvalue weighted by Gasteiger charge is -2.26. The first kappa shape index (κ1) is 14.7. The third kappa shape index (κ3) is 3.34. The molecule has 0 radical (unpaired) electrons. The molecule has 0 N–H and O–H groups in total. The van der Waals surface area contributed by atoms with Gasteiger partial charge in [0.25, 0.3) is 0 Å². The van der Waals surface area contributed by atoms with Crippen molar-refractivity contribution in [3.63, 3.8) is 0 Å². The summed E-state index contributed by atoms with van der Waals surface area (Å²) in [6, 6.07) is 0. The number of carbonyl (C=O) groups excluding carboxylic acids is 1. The molecule has 0 fully saturated rings. The molecule has 0 aromatic carbocycles. The van der Waals surface area contributed by atoms with Crippen molar-refractivity contribution in [3.05, 3.63) is 18.0 Å². The van der Waals surface area contributed by atoms with E-state index in [4.69, 9.17) is 0 Å². The molecule has 1 amide bonds. The second kappa shape index (κ2) is 6.03. The topological polar surface area (TPSA) is 38.1 Å². The summed E-state index contributed by atoms with van der Waals surface area (Å²) in [6.07, 6.45) is 7.32. The van der Waals surface area contributed by atoms with Gasteiger partial charge >= 0.3 is 0 Å². The molecule has 0 bridgehead atoms. The SMILES string of the molecule is CCCC(C)(CC)c1cnn(CC(=O)N(C)C)c1. The Morgan fingerprint density at radius 2 is 2.11 bits per heavy atom. The lowest BCUT2D eigenvalue weighted by molar-refractivity contribution is -0.129. The molecule has 0 spiro atoms. The van der Waals surface area contributed by atoms with E-state index >= 15 is 0 Å². The van der Waals surface area contributed by atoms with Gasteiger partial charge < -0.3 is 4.90 Å². The van der Waals surface area contributed by atoms with Crippen LogP contribution < -0.4 is 0 Å². The highest BCUT2D eigenvalue weighted by molar-refractivity contribution is 5.75. The van der Waals surface area contributed by atoms with E-state index in [-0.39, 0.29) is 11.3 Å². The number of carbonyl (C=O) groups is 1. The molecule has 0 aliphatic carbocycles. The first-order chi connectivity index (χ1) is 8.42. The lowest BCUT2D eigenvalue weighted by atomic mass is 9.78. The monoisotopic (exact) mass is 251 g/mol. The zero-order valence-electron chi connectivity index (χ0n) is 12.2. The zero-order chi connectivity index (χ0) is 13.8. The highest BCUT2D eigenvalue weighted by Gasteiger charge is 2.25. The molecule has 1 atom stereocenters. The first-order valence-corrected chi connectivity index (χ1v) is 6.66. The average molecular weight is 251 g/mol. The van der Waals surface area contributed by atoms with Gasteiger partial charge in [-0.1, -0.05) is 27.2 Å². The van der Waals surface area contributed by atoms with Crippen molar-refractivity contribution in [1.29, 1.82) is 0 Å². The molecule has 1 rings (SSSR count). The van der Waals surface area contributed by atoms with Crippen LogP contribution in [0.3, 0.4) is 0 Å². The number of hydrogen-bond acceptors (Lipinski definition) is 2. The Balaban J connectivity index is 2.82. The van der Waals surface area contributed by atoms with Crippen molar-refractivity contribution in [2.75, 3.05) is 14.1 Å². The molecule has 102 valence electrons. The van der Waals surface area contributed by atoms with Crippen LogP contribution in [0.2, 0.25) is 0 Å². The highest BCUT2D eigenvalue weighted by Crippen LogP contribution is 2.31. The van der Waals surface area contributed by atoms with E-state index in [9.17, 15) is 4.79 Å². The number of aromatic nitrogens is 2. The standard InChI is InChI=1S/C14H25N3O/c1-6-8-14(3,7-2)12-9-15-17(10-12)11-13(18)16(4)5/h9-10H,6-8,11H2,1-5H3. The van der Waals surface area contributed by atoms with E-state index in [1.807, 2.05) is 12.4 Å². The van der Waals surface area contributed by atoms with E-state index in [0.29, 0.717) is 6.54 Å². The van der Waals surface area contributed by atoms with Gasteiger partial charge in [-0.25, -0.2) is 0 Å². The van der Waals surface area contributed by atoms with Crippen molar-refractivity contribution < 1.29 is 4.79 Å². The molecule has 1 unspecified atom stereocenters. The Hall–Kier alpha value is -1.32. The summed E-state index contributed by atoms with van der Waals surface area (Å²) >= 11 is 0. The van der Waals surface area contributed by atoms with Crippen LogP contribution in [0.25, 0.3) is 0 Å². The van der Waals surface area contributed by atoms with Gasteiger partial charge in [-0.05, 0) is 23.8 Å². The van der Waals surface area contributed by atoms with Gasteiger partial charge in [0.05, 0.1) is 6.20 Å². The lowest BCUT2D eigenvalue weighted by Crippen LogP contribution is -2.26. The fraction of sp³-hybridized carbons (Fsp3) is 0.714. The summed E-state index contributed by atoms with van der Waals surface area (Å²) in [6.45, 7) is 7.00. The van der Waals surface area contributed by atoms with Crippen LogP contribution in [0.4, 0.5) is 0 Å². The number of amides is 1. The fourth-order valence-corrected chi connectivity index (χ4v) is 2.12. The molecule has 1 heterocycles. The van der Waals surface area contributed by atoms with Crippen LogP contribution in [0.1, 0.15) is 45.6 Å². The fourth-order valence-electron chi connectivity index (χ4n) is 2.12. The smallest absolute Gasteiger partial charge is 0.243 e. The van der Waals surface area contributed by atoms with Gasteiger partial charge in [-0.15, -0.1) is 0 Å². The Morgan fingerprint density at radius 1 is 1.44 bits per heavy atom. The largest absolute Gasteiger partial charge is 0.347 e. The molecular formula is C14H25N3O. The van der Waals surface area contributed by atoms with Crippen LogP contribution in [-0.2, 0) is 16.8 Å². The van der Waals surface area contributed by atoms with E-state index in [1.54, 1.807) is 23.7 Å². The summed E-state index contributed by atoms with van der Waals surface area (Å²) in [5.74, 6) is 0.0679. The maximum absolute atomic E-state index is 11.6. The van der Waals surface area contributed by atoms with E-state index < -0.39 is 0 Å². The first-order valence-electron chi connectivity index (χ1n) is 6.66. The molecular weight excluding hydrogens is 226 g/mol. The minimum atomic E-state index is 0.0679. The number of rotatable bonds is 6. The maximum atomic E-state index is 11.6. The maximum Gasteiger partial charge on any atom is 0.243 e. The van der Waals surface area contributed by atoms with E-state index in [0.717, 1.165) is 19.3 Å². The second-order valence-electron chi connectivity index (χ2n) is 5.38. The molecule has 18 heavy (non-hydrogen) atoms. The van der Waals surface area contributed by atoms with Crippen LogP contribution >= 0.6 is 0 Å². The summed E-state index contributed by atoms with van der Waals surface area (Å²) in [4.78, 5) is 13.2. The van der Waals surface area contributed by atoms with Crippen LogP contribution in [0.5, 0.6) is 0 Å². The normalized spacial score (nSPS) is 14.3. The molecule has 0 saturated heterocycles. The van der Waals surface area contributed by atoms with Gasteiger partial charge in [-0.3, -0.25) is 9.48 Å². The summed E-state index contributed by atoms with van der Waals surface area (Å²) in [7, 11) is 3.53. The quantitative estimate of drug-likeness (QED) is 0.779. The molecule has 4 heteroatoms. The van der Waals surface area contributed by atoms with Crippen molar-refractivity contribution in [3.8, 4) is 0 Å². The van der Waals surface area contributed by atoms with Gasteiger partial charge in [0.2, 0.25) is 5.91 Å². The number of likely N-dealkylation sites (N-methyl/N-ethyl adjacent to an activating group) is 1. The predicted octanol–water partition coefficient (Wildman–Crippen LogP) is 2.44. The van der Waals surface area contributed by atoms with Gasteiger partial charge in [0.15, 0.2) is 0 Å². The predicted molar refractivity (Wildman–Crippen MR) is 73.5 cm³/mol. The van der Waals surface area contributed by atoms with Crippen molar-refractivity contribution in [2.24, 2.45) is 0 Å². The second-order valence-corrected chi connectivity index (χ2v) is 5.38. The zero-order valence-corrected chi connectivity index (χ0v) is 12.2. The van der Waals surface area contributed by atoms with Crippen molar-refractivity contribution >= 4 is 5.91 Å². The summed E-state index contributed by atoms with van der Waals surface area (Å²) < 4.78 is 1.74. The molecule has 1 aromatic heterocycles. The van der Waals surface area contributed by atoms with Crippen LogP contribution in [0.15, 0.2) is 12.4 Å². The van der Waals surface area contributed by atoms with Crippen molar-refractivity contribution in [2.45, 2.75) is 52.0 Å². The van der Waals surface area contributed by atoms with E-state index in [1.165, 1.54) is 5.56 Å². The minimum Gasteiger partial charge on any atom is -0.347 e. The molecule has 0 aliphatic rings. The third-order valence-electron chi connectivity index (χ3n) is 3.71. The minimum absolute atomic E-state index is 0.0679. The van der Waals surface area contributed by atoms with Crippen molar-refractivity contribution in [1.82, 2.24) is 14.7 Å². The van der Waals surface area contributed by atoms with E-state index in [2.05, 4.69) is 25.9 Å². The van der Waals surface area contributed by atoms with Crippen LogP contribution in [0, 0.1) is 0 Å². The number of hydrogen-bond donors (Lipinski definition) is 0. The summed E-state index contributed by atoms with van der Waals surface area (Å²) in [5, 5.41) is 4.30. The molecule has 1 aromatic rings. The van der Waals surface area contributed by atoms with Crippen LogP contribution in [-0.4, -0.2) is 34.7 Å². The molecule has 0 saturated carbocycles. The third-order valence-corrected chi connectivity index (χ3v) is 3.71. The van der Waals surface area contributed by atoms with Gasteiger partial charge in [0.1, 0.15) is 6.54 Å². The Morgan fingerprint density at radius 3 is 2.61 bits per heavy atom.